The lowest BCUT2D eigenvalue weighted by Gasteiger charge is -2.33. The van der Waals surface area contributed by atoms with Crippen molar-refractivity contribution in [3.63, 3.8) is 0 Å². The monoisotopic (exact) mass is 407 g/mol. The smallest absolute Gasteiger partial charge is 0.248 e. The zero-order valence-corrected chi connectivity index (χ0v) is 16.7. The summed E-state index contributed by atoms with van der Waals surface area (Å²) in [6, 6.07) is 21.0. The number of ether oxygens (including phenoxy) is 1. The summed E-state index contributed by atoms with van der Waals surface area (Å²) in [5.41, 5.74) is 9.49. The fourth-order valence-electron chi connectivity index (χ4n) is 3.52. The van der Waals surface area contributed by atoms with Gasteiger partial charge in [0.05, 0.1) is 18.0 Å². The second-order valence-electron chi connectivity index (χ2n) is 7.08. The number of hydrogen-bond acceptors (Lipinski definition) is 4. The molecule has 2 N–H and O–H groups in total. The van der Waals surface area contributed by atoms with Crippen LogP contribution >= 0.6 is 11.6 Å². The molecule has 1 atom stereocenters. The maximum Gasteiger partial charge on any atom is 0.248 e. The minimum absolute atomic E-state index is 0.120. The van der Waals surface area contributed by atoms with Crippen molar-refractivity contribution in [1.29, 1.82) is 0 Å². The largest absolute Gasteiger partial charge is 0.369 e. The van der Waals surface area contributed by atoms with Crippen molar-refractivity contribution in [2.75, 3.05) is 19.7 Å². The number of carbonyl (C=O) groups excluding carboxylic acids is 1. The Labute approximate surface area is 175 Å². The lowest BCUT2D eigenvalue weighted by molar-refractivity contribution is -0.0349. The van der Waals surface area contributed by atoms with E-state index in [-0.39, 0.29) is 6.10 Å². The van der Waals surface area contributed by atoms with Crippen molar-refractivity contribution < 1.29 is 9.53 Å². The number of pyridine rings is 1. The van der Waals surface area contributed by atoms with Crippen LogP contribution in [0.5, 0.6) is 0 Å². The fraction of sp³-hybridized carbons (Fsp3) is 0.217. The molecule has 5 nitrogen and oxygen atoms in total. The summed E-state index contributed by atoms with van der Waals surface area (Å²) >= 11 is 6.32. The summed E-state index contributed by atoms with van der Waals surface area (Å²) < 4.78 is 6.00. The molecule has 3 aromatic rings. The average molecular weight is 408 g/mol. The van der Waals surface area contributed by atoms with E-state index in [2.05, 4.69) is 11.0 Å². The van der Waals surface area contributed by atoms with Crippen LogP contribution in [-0.2, 0) is 11.3 Å². The Kier molecular flexibility index (Phi) is 5.90. The first kappa shape index (κ1) is 19.6. The summed E-state index contributed by atoms with van der Waals surface area (Å²) in [6.07, 6.45) is -0.120. The van der Waals surface area contributed by atoms with Gasteiger partial charge in [0.15, 0.2) is 0 Å². The molecular weight excluding hydrogens is 386 g/mol. The summed E-state index contributed by atoms with van der Waals surface area (Å²) in [5.74, 6) is -0.450. The van der Waals surface area contributed by atoms with Crippen LogP contribution in [0.2, 0.25) is 5.02 Å². The maximum absolute atomic E-state index is 11.5. The van der Waals surface area contributed by atoms with Gasteiger partial charge in [-0.05, 0) is 35.9 Å². The number of carbonyl (C=O) groups is 1. The van der Waals surface area contributed by atoms with Crippen LogP contribution in [0.1, 0.15) is 27.7 Å². The van der Waals surface area contributed by atoms with Gasteiger partial charge in [-0.25, -0.2) is 0 Å². The SMILES string of the molecule is NC(=O)c1cccc(-c2cccc([C@H]3CN(Cc4ccccc4Cl)CCO3)n2)c1. The number of halogens is 1. The van der Waals surface area contributed by atoms with Crippen molar-refractivity contribution in [3.05, 3.63) is 88.6 Å². The molecule has 1 aliphatic rings. The van der Waals surface area contributed by atoms with Crippen LogP contribution in [0, 0.1) is 0 Å². The highest BCUT2D eigenvalue weighted by atomic mass is 35.5. The van der Waals surface area contributed by atoms with Gasteiger partial charge in [0.1, 0.15) is 6.10 Å². The number of nitrogens with zero attached hydrogens (tertiary/aromatic N) is 2. The molecule has 0 saturated carbocycles. The molecule has 6 heteroatoms. The third kappa shape index (κ3) is 4.65. The topological polar surface area (TPSA) is 68.5 Å². The van der Waals surface area contributed by atoms with Crippen molar-refractivity contribution in [1.82, 2.24) is 9.88 Å². The summed E-state index contributed by atoms with van der Waals surface area (Å²) in [6.45, 7) is 3.00. The van der Waals surface area contributed by atoms with Gasteiger partial charge in [-0.1, -0.05) is 48.0 Å². The van der Waals surface area contributed by atoms with E-state index >= 15 is 0 Å². The van der Waals surface area contributed by atoms with E-state index in [0.717, 1.165) is 47.2 Å². The molecule has 148 valence electrons. The Hall–Kier alpha value is -2.73. The lowest BCUT2D eigenvalue weighted by Crippen LogP contribution is -2.38. The van der Waals surface area contributed by atoms with E-state index in [1.807, 2.05) is 48.5 Å². The first-order chi connectivity index (χ1) is 14.1. The molecule has 2 heterocycles. The molecule has 2 aromatic carbocycles. The van der Waals surface area contributed by atoms with Crippen molar-refractivity contribution in [2.45, 2.75) is 12.6 Å². The van der Waals surface area contributed by atoms with Crippen LogP contribution in [-0.4, -0.2) is 35.5 Å². The molecule has 0 bridgehead atoms. The van der Waals surface area contributed by atoms with Gasteiger partial charge in [0, 0.05) is 35.8 Å². The quantitative estimate of drug-likeness (QED) is 0.692. The molecule has 0 aliphatic carbocycles. The Morgan fingerprint density at radius 1 is 1.14 bits per heavy atom. The molecule has 0 unspecified atom stereocenters. The van der Waals surface area contributed by atoms with Crippen molar-refractivity contribution in [3.8, 4) is 11.3 Å². The van der Waals surface area contributed by atoms with Crippen molar-refractivity contribution in [2.24, 2.45) is 5.73 Å². The van der Waals surface area contributed by atoms with E-state index in [1.54, 1.807) is 12.1 Å². The van der Waals surface area contributed by atoms with Gasteiger partial charge >= 0.3 is 0 Å². The Balaban J connectivity index is 1.53. The molecule has 29 heavy (non-hydrogen) atoms. The summed E-state index contributed by atoms with van der Waals surface area (Å²) in [7, 11) is 0. The van der Waals surface area contributed by atoms with Gasteiger partial charge in [0.2, 0.25) is 5.91 Å². The number of nitrogens with two attached hydrogens (primary N) is 1. The van der Waals surface area contributed by atoms with Gasteiger partial charge in [0.25, 0.3) is 0 Å². The molecular formula is C23H22ClN3O2. The van der Waals surface area contributed by atoms with Crippen LogP contribution in [0.25, 0.3) is 11.3 Å². The minimum atomic E-state index is -0.450. The van der Waals surface area contributed by atoms with Gasteiger partial charge in [-0.3, -0.25) is 14.7 Å². The number of amides is 1. The number of aromatic nitrogens is 1. The van der Waals surface area contributed by atoms with Crippen molar-refractivity contribution >= 4 is 17.5 Å². The predicted molar refractivity (Wildman–Crippen MR) is 114 cm³/mol. The maximum atomic E-state index is 11.5. The third-order valence-electron chi connectivity index (χ3n) is 5.05. The highest BCUT2D eigenvalue weighted by molar-refractivity contribution is 6.31. The minimum Gasteiger partial charge on any atom is -0.369 e. The summed E-state index contributed by atoms with van der Waals surface area (Å²) in [5, 5.41) is 0.782. The van der Waals surface area contributed by atoms with Crippen LogP contribution in [0.15, 0.2) is 66.7 Å². The van der Waals surface area contributed by atoms with E-state index in [4.69, 9.17) is 27.1 Å². The van der Waals surface area contributed by atoms with Gasteiger partial charge in [-0.15, -0.1) is 0 Å². The highest BCUT2D eigenvalue weighted by Crippen LogP contribution is 2.26. The first-order valence-corrected chi connectivity index (χ1v) is 9.92. The Morgan fingerprint density at radius 3 is 2.79 bits per heavy atom. The number of morpholine rings is 1. The molecule has 4 rings (SSSR count). The van der Waals surface area contributed by atoms with E-state index in [1.165, 1.54) is 0 Å². The average Bonchev–Trinajstić information content (AvgIpc) is 2.76. The lowest BCUT2D eigenvalue weighted by atomic mass is 10.1. The second kappa shape index (κ2) is 8.74. The number of benzene rings is 2. The highest BCUT2D eigenvalue weighted by Gasteiger charge is 2.24. The van der Waals surface area contributed by atoms with Crippen LogP contribution < -0.4 is 5.73 Å². The van der Waals surface area contributed by atoms with Crippen LogP contribution in [0.3, 0.4) is 0 Å². The van der Waals surface area contributed by atoms with E-state index in [0.29, 0.717) is 12.2 Å². The third-order valence-corrected chi connectivity index (χ3v) is 5.41. The van der Waals surface area contributed by atoms with E-state index < -0.39 is 5.91 Å². The Morgan fingerprint density at radius 2 is 1.97 bits per heavy atom. The fourth-order valence-corrected chi connectivity index (χ4v) is 3.71. The number of hydrogen-bond donors (Lipinski definition) is 1. The normalized spacial score (nSPS) is 17.2. The summed E-state index contributed by atoms with van der Waals surface area (Å²) in [4.78, 5) is 18.6. The standard InChI is InChI=1S/C23H22ClN3O2/c24-19-8-2-1-5-18(19)14-27-11-12-29-22(15-27)21-10-4-9-20(26-21)16-6-3-7-17(13-16)23(25)28/h1-10,13,22H,11-12,14-15H2,(H2,25,28)/t22-/m1/s1. The second-order valence-corrected chi connectivity index (χ2v) is 7.49. The molecule has 1 aliphatic heterocycles. The Bertz CT molecular complexity index is 1020. The molecule has 1 fully saturated rings. The first-order valence-electron chi connectivity index (χ1n) is 9.55. The zero-order valence-electron chi connectivity index (χ0n) is 15.9. The molecule has 1 amide bonds. The molecule has 1 aromatic heterocycles. The van der Waals surface area contributed by atoms with Gasteiger partial charge < -0.3 is 10.5 Å². The predicted octanol–water partition coefficient (Wildman–Crippen LogP) is 4.07. The number of rotatable bonds is 5. The molecule has 0 radical (unpaired) electrons. The van der Waals surface area contributed by atoms with Gasteiger partial charge in [-0.2, -0.15) is 0 Å². The number of primary amides is 1. The van der Waals surface area contributed by atoms with Crippen LogP contribution in [0.4, 0.5) is 0 Å². The molecule has 1 saturated heterocycles. The molecule has 0 spiro atoms. The zero-order chi connectivity index (χ0) is 20.2. The van der Waals surface area contributed by atoms with E-state index in [9.17, 15) is 4.79 Å².